The molecule has 0 N–H and O–H groups in total. The molecule has 5 rings (SSSR count). The van der Waals surface area contributed by atoms with Crippen molar-refractivity contribution >= 4 is 57.9 Å². The van der Waals surface area contributed by atoms with Gasteiger partial charge in [0.1, 0.15) is 11.2 Å². The van der Waals surface area contributed by atoms with Crippen LogP contribution in [0.3, 0.4) is 0 Å². The van der Waals surface area contributed by atoms with E-state index in [1.165, 1.54) is 5.56 Å². The molecule has 0 bridgehead atoms. The monoisotopic (exact) mass is 638 g/mol. The van der Waals surface area contributed by atoms with Gasteiger partial charge in [-0.05, 0) is 74.7 Å². The topological polar surface area (TPSA) is 50.5 Å². The number of amidine groups is 1. The minimum Gasteiger partial charge on any atom is -0.343 e. The number of carbonyl (C=O) groups is 1. The molecule has 2 aromatic heterocycles. The Hall–Kier alpha value is -3.08. The van der Waals surface area contributed by atoms with Crippen LogP contribution >= 0.6 is 46.1 Å². The number of amides is 1. The van der Waals surface area contributed by atoms with Crippen LogP contribution in [-0.4, -0.2) is 39.0 Å². The number of rotatable bonds is 6. The number of halogens is 3. The van der Waals surface area contributed by atoms with E-state index in [1.54, 1.807) is 23.5 Å². The highest BCUT2D eigenvalue weighted by atomic mass is 35.5. The predicted octanol–water partition coefficient (Wildman–Crippen LogP) is 9.13. The summed E-state index contributed by atoms with van der Waals surface area (Å²) in [6.45, 7) is 9.80. The van der Waals surface area contributed by atoms with E-state index in [0.29, 0.717) is 33.7 Å². The van der Waals surface area contributed by atoms with Crippen molar-refractivity contribution in [2.24, 2.45) is 4.99 Å². The molecule has 5 nitrogen and oxygen atoms in total. The van der Waals surface area contributed by atoms with Crippen LogP contribution in [0.2, 0.25) is 15.1 Å². The molecule has 1 aliphatic rings. The Morgan fingerprint density at radius 2 is 1.67 bits per heavy atom. The lowest BCUT2D eigenvalue weighted by Gasteiger charge is -2.27. The molecule has 0 saturated heterocycles. The van der Waals surface area contributed by atoms with Gasteiger partial charge in [-0.25, -0.2) is 4.68 Å². The van der Waals surface area contributed by atoms with Crippen molar-refractivity contribution in [3.63, 3.8) is 0 Å². The minimum absolute atomic E-state index is 0.194. The minimum atomic E-state index is -0.750. The van der Waals surface area contributed by atoms with E-state index in [-0.39, 0.29) is 5.91 Å². The van der Waals surface area contributed by atoms with Gasteiger partial charge in [-0.3, -0.25) is 4.79 Å². The van der Waals surface area contributed by atoms with E-state index in [4.69, 9.17) is 39.9 Å². The van der Waals surface area contributed by atoms with Crippen LogP contribution in [0.15, 0.2) is 59.6 Å². The first-order valence-corrected chi connectivity index (χ1v) is 15.8. The molecular formula is C33H33Cl3N4OS. The number of nitrogens with zero attached hydrogens (tertiary/aromatic N) is 4. The fourth-order valence-corrected chi connectivity index (χ4v) is 6.07. The SMILES string of the molecule is CC.CCc1c(C2=NC(=O)C(C)(C)N2C)nn(-c2ccc(Cl)cc2Cl)c1-c1ccc(C#CCCc2ccc(Cl)cc2)s1. The first-order chi connectivity index (χ1) is 20.1. The number of hydrogen-bond acceptors (Lipinski definition) is 4. The van der Waals surface area contributed by atoms with Crippen molar-refractivity contribution in [1.82, 2.24) is 14.7 Å². The van der Waals surface area contributed by atoms with Gasteiger partial charge in [0.25, 0.3) is 5.91 Å². The lowest BCUT2D eigenvalue weighted by molar-refractivity contribution is -0.123. The highest BCUT2D eigenvalue weighted by Crippen LogP contribution is 2.38. The molecule has 0 atom stereocenters. The fraction of sp³-hybridized carbons (Fsp3) is 0.303. The molecule has 0 fully saturated rings. The number of thiophene rings is 1. The van der Waals surface area contributed by atoms with Gasteiger partial charge in [0.05, 0.1) is 26.2 Å². The number of aromatic nitrogens is 2. The Kier molecular flexibility index (Phi) is 10.2. The molecular weight excluding hydrogens is 607 g/mol. The zero-order valence-corrected chi connectivity index (χ0v) is 27.6. The summed E-state index contributed by atoms with van der Waals surface area (Å²) in [6, 6.07) is 17.3. The highest BCUT2D eigenvalue weighted by molar-refractivity contribution is 7.16. The van der Waals surface area contributed by atoms with Crippen molar-refractivity contribution in [1.29, 1.82) is 0 Å². The zero-order chi connectivity index (χ0) is 30.6. The van der Waals surface area contributed by atoms with Gasteiger partial charge in [0.15, 0.2) is 5.84 Å². The second-order valence-electron chi connectivity index (χ2n) is 9.99. The van der Waals surface area contributed by atoms with Crippen LogP contribution < -0.4 is 0 Å². The van der Waals surface area contributed by atoms with Crippen LogP contribution in [0.4, 0.5) is 0 Å². The van der Waals surface area contributed by atoms with Crippen molar-refractivity contribution in [2.75, 3.05) is 7.05 Å². The molecule has 9 heteroatoms. The average molecular weight is 640 g/mol. The number of benzene rings is 2. The van der Waals surface area contributed by atoms with E-state index in [2.05, 4.69) is 29.8 Å². The van der Waals surface area contributed by atoms with Crippen molar-refractivity contribution in [3.8, 4) is 28.1 Å². The summed E-state index contributed by atoms with van der Waals surface area (Å²) in [7, 11) is 1.88. The standard InChI is InChI=1S/C31H27Cl3N4OS.C2H6/c1-5-23-27(29-35-30(39)31(2,3)37(29)4)36-38(25-16-14-21(33)18-24(25)34)28(23)26-17-15-22(40-26)9-7-6-8-19-10-12-20(32)13-11-19;1-2/h10-18H,5-6,8H2,1-4H3;1-2H3. The molecule has 218 valence electrons. The number of aliphatic imine (C=N–C) groups is 1. The second-order valence-corrected chi connectivity index (χ2v) is 12.4. The smallest absolute Gasteiger partial charge is 0.273 e. The quantitative estimate of drug-likeness (QED) is 0.198. The summed E-state index contributed by atoms with van der Waals surface area (Å²) in [4.78, 5) is 21.0. The third-order valence-corrected chi connectivity index (χ3v) is 8.87. The summed E-state index contributed by atoms with van der Waals surface area (Å²) in [6.07, 6.45) is 2.28. The van der Waals surface area contributed by atoms with Gasteiger partial charge in [0, 0.05) is 29.1 Å². The Balaban J connectivity index is 0.00000198. The van der Waals surface area contributed by atoms with Crippen LogP contribution in [0.1, 0.15) is 62.7 Å². The third-order valence-electron chi connectivity index (χ3n) is 7.08. The van der Waals surface area contributed by atoms with E-state index < -0.39 is 5.54 Å². The summed E-state index contributed by atoms with van der Waals surface area (Å²) in [5.41, 5.74) is 3.68. The molecule has 3 heterocycles. The van der Waals surface area contributed by atoms with Crippen LogP contribution in [0.25, 0.3) is 16.3 Å². The molecule has 42 heavy (non-hydrogen) atoms. The van der Waals surface area contributed by atoms with E-state index in [1.807, 2.05) is 80.7 Å². The molecule has 2 aromatic carbocycles. The Bertz CT molecular complexity index is 1690. The number of aryl methyl sites for hydroxylation is 1. The summed E-state index contributed by atoms with van der Waals surface area (Å²) >= 11 is 20.5. The van der Waals surface area contributed by atoms with Gasteiger partial charge >= 0.3 is 0 Å². The van der Waals surface area contributed by atoms with E-state index in [0.717, 1.165) is 38.9 Å². The second kappa shape index (κ2) is 13.5. The van der Waals surface area contributed by atoms with Gasteiger partial charge < -0.3 is 4.90 Å². The number of likely N-dealkylation sites (N-methyl/N-ethyl adjacent to an activating group) is 1. The van der Waals surface area contributed by atoms with Gasteiger partial charge in [0.2, 0.25) is 0 Å². The normalized spacial score (nSPS) is 13.8. The molecule has 0 aliphatic carbocycles. The average Bonchev–Trinajstić information content (AvgIpc) is 3.64. The lowest BCUT2D eigenvalue weighted by Crippen LogP contribution is -2.44. The van der Waals surface area contributed by atoms with Crippen molar-refractivity contribution < 1.29 is 4.79 Å². The summed E-state index contributed by atoms with van der Waals surface area (Å²) in [5, 5.41) is 6.75. The molecule has 1 aliphatic heterocycles. The lowest BCUT2D eigenvalue weighted by atomic mass is 10.0. The van der Waals surface area contributed by atoms with Gasteiger partial charge in [-0.15, -0.1) is 11.3 Å². The van der Waals surface area contributed by atoms with E-state index >= 15 is 0 Å². The fourth-order valence-electron chi connectivity index (χ4n) is 4.51. The van der Waals surface area contributed by atoms with Crippen LogP contribution in [-0.2, 0) is 17.6 Å². The maximum Gasteiger partial charge on any atom is 0.273 e. The maximum atomic E-state index is 12.7. The Labute approximate surface area is 267 Å². The van der Waals surface area contributed by atoms with Crippen molar-refractivity contribution in [3.05, 3.63) is 91.4 Å². The summed E-state index contributed by atoms with van der Waals surface area (Å²) < 4.78 is 1.84. The van der Waals surface area contributed by atoms with Crippen LogP contribution in [0.5, 0.6) is 0 Å². The molecule has 0 spiro atoms. The third kappa shape index (κ3) is 6.45. The van der Waals surface area contributed by atoms with Crippen LogP contribution in [0, 0.1) is 11.8 Å². The zero-order valence-electron chi connectivity index (χ0n) is 24.6. The largest absolute Gasteiger partial charge is 0.343 e. The van der Waals surface area contributed by atoms with Gasteiger partial charge in [-0.1, -0.05) is 79.5 Å². The number of hydrogen-bond donors (Lipinski definition) is 0. The van der Waals surface area contributed by atoms with Gasteiger partial charge in [-0.2, -0.15) is 10.1 Å². The molecule has 0 radical (unpaired) electrons. The molecule has 4 aromatic rings. The molecule has 0 saturated carbocycles. The Morgan fingerprint density at radius 3 is 2.29 bits per heavy atom. The first-order valence-electron chi connectivity index (χ1n) is 13.9. The Morgan fingerprint density at radius 1 is 0.976 bits per heavy atom. The number of carbonyl (C=O) groups excluding carboxylic acids is 1. The predicted molar refractivity (Wildman–Crippen MR) is 178 cm³/mol. The maximum absolute atomic E-state index is 12.7. The molecule has 0 unspecified atom stereocenters. The highest BCUT2D eigenvalue weighted by Gasteiger charge is 2.42. The first kappa shape index (κ1) is 31.8. The molecule has 1 amide bonds. The summed E-state index contributed by atoms with van der Waals surface area (Å²) in [5.74, 6) is 6.96. The van der Waals surface area contributed by atoms with E-state index in [9.17, 15) is 4.79 Å². The van der Waals surface area contributed by atoms with Crippen molar-refractivity contribution in [2.45, 2.75) is 59.4 Å².